The molecule has 5 aromatic rings. The topological polar surface area (TPSA) is 93.0 Å². The summed E-state index contributed by atoms with van der Waals surface area (Å²) in [4.78, 5) is 7.96. The lowest BCUT2D eigenvalue weighted by Crippen LogP contribution is -2.20. The van der Waals surface area contributed by atoms with Gasteiger partial charge in [-0.1, -0.05) is 56.3 Å². The molecule has 7 nitrogen and oxygen atoms in total. The Bertz CT molecular complexity index is 1790. The van der Waals surface area contributed by atoms with Crippen LogP contribution in [0.4, 0.5) is 13.2 Å². The van der Waals surface area contributed by atoms with E-state index >= 15 is 0 Å². The van der Waals surface area contributed by atoms with Crippen LogP contribution in [-0.4, -0.2) is 44.5 Å². The molecule has 3 aromatic carbocycles. The molecule has 1 atom stereocenters. The number of hydrogen-bond donors (Lipinski definition) is 2. The number of H-pyrrole nitrogens is 1. The minimum atomic E-state index is -4.96. The minimum Gasteiger partial charge on any atom is -0.403 e. The summed E-state index contributed by atoms with van der Waals surface area (Å²) < 4.78 is 58.9. The van der Waals surface area contributed by atoms with E-state index < -0.39 is 25.4 Å². The first kappa shape index (κ1) is 29.6. The maximum absolute atomic E-state index is 13.5. The number of rotatable bonds is 8. The monoisotopic (exact) mass is 596 g/mol. The number of aliphatic hydroxyl groups is 1. The van der Waals surface area contributed by atoms with Crippen molar-refractivity contribution in [3.63, 3.8) is 0 Å². The number of aliphatic hydroxyl groups excluding tert-OH is 1. The van der Waals surface area contributed by atoms with E-state index in [1.165, 1.54) is 30.1 Å². The number of para-hydroxylation sites is 1. The van der Waals surface area contributed by atoms with Crippen LogP contribution in [0.5, 0.6) is 5.75 Å². The standard InChI is InChI=1S/C31H32F3N4O3P/c1-18(2)27-19(3)38(24-15-14-21(42(4,5)40)17-26(24)41-31(32,33)34)37-29(27)22-12-9-13-23-28(22)36-30(35-23)25(39)16-20-10-7-6-8-11-20/h6-15,17-18,25,39H,16H2,1-5H3,(H,35,36). The van der Waals surface area contributed by atoms with Gasteiger partial charge in [-0.25, -0.2) is 9.67 Å². The van der Waals surface area contributed by atoms with Gasteiger partial charge in [0.15, 0.2) is 5.75 Å². The molecule has 0 saturated heterocycles. The highest BCUT2D eigenvalue weighted by Crippen LogP contribution is 2.41. The first-order valence-corrected chi connectivity index (χ1v) is 16.1. The number of benzene rings is 3. The first-order chi connectivity index (χ1) is 19.7. The Hall–Kier alpha value is -3.88. The van der Waals surface area contributed by atoms with Gasteiger partial charge in [0.2, 0.25) is 0 Å². The van der Waals surface area contributed by atoms with Gasteiger partial charge in [0.1, 0.15) is 24.8 Å². The van der Waals surface area contributed by atoms with Gasteiger partial charge in [-0.15, -0.1) is 13.2 Å². The van der Waals surface area contributed by atoms with E-state index in [-0.39, 0.29) is 16.9 Å². The Morgan fingerprint density at radius 2 is 1.76 bits per heavy atom. The van der Waals surface area contributed by atoms with Crippen molar-refractivity contribution in [2.45, 2.75) is 45.6 Å². The van der Waals surface area contributed by atoms with Gasteiger partial charge in [0, 0.05) is 28.5 Å². The highest BCUT2D eigenvalue weighted by atomic mass is 31.2. The van der Waals surface area contributed by atoms with Gasteiger partial charge in [-0.3, -0.25) is 0 Å². The maximum atomic E-state index is 13.5. The minimum absolute atomic E-state index is 0.0381. The average Bonchev–Trinajstić information content (AvgIpc) is 3.49. The zero-order valence-corrected chi connectivity index (χ0v) is 24.8. The highest BCUT2D eigenvalue weighted by molar-refractivity contribution is 7.70. The third kappa shape index (κ3) is 6.01. The van der Waals surface area contributed by atoms with Crippen LogP contribution in [0.2, 0.25) is 0 Å². The molecule has 0 aliphatic rings. The predicted molar refractivity (Wildman–Crippen MR) is 158 cm³/mol. The number of fused-ring (bicyclic) bond motifs is 1. The Labute approximate surface area is 241 Å². The second-order valence-corrected chi connectivity index (χ2v) is 14.2. The van der Waals surface area contributed by atoms with E-state index in [4.69, 9.17) is 10.1 Å². The van der Waals surface area contributed by atoms with Gasteiger partial charge in [0.05, 0.1) is 16.7 Å². The zero-order chi connectivity index (χ0) is 30.4. The van der Waals surface area contributed by atoms with Gasteiger partial charge in [-0.2, -0.15) is 5.10 Å². The molecule has 0 aliphatic carbocycles. The normalized spacial score (nSPS) is 13.2. The van der Waals surface area contributed by atoms with E-state index in [1.807, 2.05) is 62.4 Å². The van der Waals surface area contributed by atoms with Crippen LogP contribution in [0.3, 0.4) is 0 Å². The van der Waals surface area contributed by atoms with E-state index in [0.29, 0.717) is 40.2 Å². The van der Waals surface area contributed by atoms with Crippen molar-refractivity contribution in [1.29, 1.82) is 0 Å². The summed E-state index contributed by atoms with van der Waals surface area (Å²) in [6.45, 7) is 8.74. The van der Waals surface area contributed by atoms with Crippen LogP contribution < -0.4 is 10.0 Å². The second kappa shape index (κ2) is 11.1. The molecule has 5 rings (SSSR count). The molecule has 0 bridgehead atoms. The molecule has 2 heterocycles. The fourth-order valence-corrected chi connectivity index (χ4v) is 6.05. The Kier molecular flexibility index (Phi) is 7.81. The summed E-state index contributed by atoms with van der Waals surface area (Å²) >= 11 is 0. The van der Waals surface area contributed by atoms with Gasteiger partial charge in [0.25, 0.3) is 0 Å². The third-order valence-corrected chi connectivity index (χ3v) is 8.65. The number of aromatic nitrogens is 4. The summed E-state index contributed by atoms with van der Waals surface area (Å²) in [6.07, 6.45) is -5.45. The van der Waals surface area contributed by atoms with Crippen molar-refractivity contribution >= 4 is 23.5 Å². The van der Waals surface area contributed by atoms with Gasteiger partial charge < -0.3 is 19.4 Å². The molecule has 1 unspecified atom stereocenters. The second-order valence-electron chi connectivity index (χ2n) is 11.0. The molecule has 0 radical (unpaired) electrons. The van der Waals surface area contributed by atoms with Gasteiger partial charge >= 0.3 is 6.36 Å². The van der Waals surface area contributed by atoms with E-state index in [0.717, 1.165) is 11.1 Å². The SMILES string of the molecule is Cc1c(C(C)C)c(-c2cccc3[nH]c(C(O)Cc4ccccc4)nc23)nn1-c1ccc(P(C)(C)=O)cc1OC(F)(F)F. The van der Waals surface area contributed by atoms with E-state index in [9.17, 15) is 22.8 Å². The molecule has 2 aromatic heterocycles. The number of ether oxygens (including phenoxy) is 1. The summed E-state index contributed by atoms with van der Waals surface area (Å²) in [6, 6.07) is 19.3. The molecular formula is C31H32F3N4O3P. The Morgan fingerprint density at radius 3 is 2.40 bits per heavy atom. The molecule has 0 amide bonds. The summed E-state index contributed by atoms with van der Waals surface area (Å²) in [5.74, 6) is -0.118. The summed E-state index contributed by atoms with van der Waals surface area (Å²) in [5, 5.41) is 16.0. The molecule has 42 heavy (non-hydrogen) atoms. The van der Waals surface area contributed by atoms with Crippen LogP contribution in [0.15, 0.2) is 66.7 Å². The summed E-state index contributed by atoms with van der Waals surface area (Å²) in [7, 11) is -2.87. The highest BCUT2D eigenvalue weighted by Gasteiger charge is 2.34. The Balaban J connectivity index is 1.64. The number of imidazole rings is 1. The van der Waals surface area contributed by atoms with Crippen molar-refractivity contribution < 1.29 is 27.6 Å². The Morgan fingerprint density at radius 1 is 1.05 bits per heavy atom. The lowest BCUT2D eigenvalue weighted by molar-refractivity contribution is -0.274. The molecule has 2 N–H and O–H groups in total. The number of aromatic amines is 1. The molecule has 0 fully saturated rings. The quantitative estimate of drug-likeness (QED) is 0.184. The number of hydrogen-bond acceptors (Lipinski definition) is 5. The number of nitrogens with zero attached hydrogens (tertiary/aromatic N) is 3. The number of nitrogens with one attached hydrogen (secondary N) is 1. The molecule has 220 valence electrons. The van der Waals surface area contributed by atoms with Crippen LogP contribution in [0.25, 0.3) is 28.0 Å². The number of alkyl halides is 3. The van der Waals surface area contributed by atoms with Crippen LogP contribution >= 0.6 is 7.14 Å². The molecule has 0 saturated carbocycles. The molecule has 0 spiro atoms. The third-order valence-electron chi connectivity index (χ3n) is 7.13. The predicted octanol–water partition coefficient (Wildman–Crippen LogP) is 7.27. The van der Waals surface area contributed by atoms with Crippen molar-refractivity contribution in [3.05, 3.63) is 89.4 Å². The maximum Gasteiger partial charge on any atom is 0.573 e. The fraction of sp³-hybridized carbons (Fsp3) is 0.290. The van der Waals surface area contributed by atoms with Gasteiger partial charge in [-0.05, 0) is 56.0 Å². The van der Waals surface area contributed by atoms with Crippen molar-refractivity contribution in [2.75, 3.05) is 13.3 Å². The average molecular weight is 597 g/mol. The molecule has 0 aliphatic heterocycles. The van der Waals surface area contributed by atoms with Crippen LogP contribution in [-0.2, 0) is 11.0 Å². The van der Waals surface area contributed by atoms with E-state index in [1.54, 1.807) is 13.0 Å². The van der Waals surface area contributed by atoms with Crippen LogP contribution in [0, 0.1) is 6.92 Å². The number of halogens is 3. The first-order valence-electron chi connectivity index (χ1n) is 13.5. The van der Waals surface area contributed by atoms with Crippen molar-refractivity contribution in [1.82, 2.24) is 19.7 Å². The molecule has 11 heteroatoms. The van der Waals surface area contributed by atoms with Crippen LogP contribution in [0.1, 0.15) is 48.5 Å². The largest absolute Gasteiger partial charge is 0.573 e. The fourth-order valence-electron chi connectivity index (χ4n) is 5.19. The van der Waals surface area contributed by atoms with E-state index in [2.05, 4.69) is 9.72 Å². The lowest BCUT2D eigenvalue weighted by atomic mass is 9.96. The smallest absolute Gasteiger partial charge is 0.403 e. The van der Waals surface area contributed by atoms with Crippen molar-refractivity contribution in [3.8, 4) is 22.7 Å². The molecular weight excluding hydrogens is 564 g/mol. The zero-order valence-electron chi connectivity index (χ0n) is 23.9. The summed E-state index contributed by atoms with van der Waals surface area (Å²) in [5.41, 5.74) is 5.02. The van der Waals surface area contributed by atoms with Crippen molar-refractivity contribution in [2.24, 2.45) is 0 Å². The lowest BCUT2D eigenvalue weighted by Gasteiger charge is -2.17.